The van der Waals surface area contributed by atoms with Crippen LogP contribution in [0.25, 0.3) is 11.3 Å². The van der Waals surface area contributed by atoms with Crippen LogP contribution in [0.15, 0.2) is 24.3 Å². The first kappa shape index (κ1) is 13.6. The van der Waals surface area contributed by atoms with Crippen LogP contribution in [0.1, 0.15) is 23.0 Å². The van der Waals surface area contributed by atoms with Crippen molar-refractivity contribution in [2.45, 2.75) is 12.5 Å². The van der Waals surface area contributed by atoms with Gasteiger partial charge in [-0.1, -0.05) is 17.3 Å². The van der Waals surface area contributed by atoms with E-state index in [0.29, 0.717) is 30.2 Å². The molecule has 1 N–H and O–H groups in total. The van der Waals surface area contributed by atoms with Gasteiger partial charge in [0.15, 0.2) is 5.69 Å². The third-order valence-corrected chi connectivity index (χ3v) is 3.51. The Morgan fingerprint density at radius 1 is 1.48 bits per heavy atom. The zero-order valence-electron chi connectivity index (χ0n) is 11.5. The molecule has 1 aromatic heterocycles. The van der Waals surface area contributed by atoms with Gasteiger partial charge in [-0.2, -0.15) is 0 Å². The Balaban J connectivity index is 2.18. The summed E-state index contributed by atoms with van der Waals surface area (Å²) in [4.78, 5) is 11.4. The standard InChI is InChI=1S/C14H15N3O4/c1-20-11-5-3-2-4-10(11)13-12(14(18)19)15-16-17(13)9-6-7-21-8-9/h2-5,9H,6-8H2,1H3,(H,18,19). The molecule has 1 aliphatic heterocycles. The van der Waals surface area contributed by atoms with Gasteiger partial charge in [0.2, 0.25) is 0 Å². The third-order valence-electron chi connectivity index (χ3n) is 3.51. The van der Waals surface area contributed by atoms with Gasteiger partial charge < -0.3 is 14.6 Å². The van der Waals surface area contributed by atoms with Gasteiger partial charge in [-0.25, -0.2) is 9.48 Å². The number of methoxy groups -OCH3 is 1. The van der Waals surface area contributed by atoms with Crippen LogP contribution in [-0.2, 0) is 4.74 Å². The molecule has 1 unspecified atom stereocenters. The van der Waals surface area contributed by atoms with E-state index in [1.165, 1.54) is 0 Å². The molecule has 1 atom stereocenters. The number of aromatic carboxylic acids is 1. The molecular weight excluding hydrogens is 274 g/mol. The minimum atomic E-state index is -1.11. The fourth-order valence-corrected chi connectivity index (χ4v) is 2.50. The van der Waals surface area contributed by atoms with Crippen LogP contribution in [0, 0.1) is 0 Å². The lowest BCUT2D eigenvalue weighted by Crippen LogP contribution is -2.13. The minimum absolute atomic E-state index is 0.00878. The highest BCUT2D eigenvalue weighted by atomic mass is 16.5. The molecule has 1 fully saturated rings. The maximum atomic E-state index is 11.4. The lowest BCUT2D eigenvalue weighted by molar-refractivity contribution is 0.0691. The summed E-state index contributed by atoms with van der Waals surface area (Å²) in [6, 6.07) is 7.23. The monoisotopic (exact) mass is 289 g/mol. The summed E-state index contributed by atoms with van der Waals surface area (Å²) in [5.41, 5.74) is 1.04. The molecule has 2 aromatic rings. The van der Waals surface area contributed by atoms with E-state index >= 15 is 0 Å². The summed E-state index contributed by atoms with van der Waals surface area (Å²) in [6.07, 6.45) is 0.782. The molecule has 0 amide bonds. The van der Waals surface area contributed by atoms with Crippen molar-refractivity contribution in [2.75, 3.05) is 20.3 Å². The first-order chi connectivity index (χ1) is 10.2. The summed E-state index contributed by atoms with van der Waals surface area (Å²) in [5.74, 6) is -0.525. The van der Waals surface area contributed by atoms with Crippen molar-refractivity contribution < 1.29 is 19.4 Å². The number of carboxylic acids is 1. The Hall–Kier alpha value is -2.41. The number of nitrogens with zero attached hydrogens (tertiary/aromatic N) is 3. The minimum Gasteiger partial charge on any atom is -0.496 e. The molecule has 1 saturated heterocycles. The fraction of sp³-hybridized carbons (Fsp3) is 0.357. The average molecular weight is 289 g/mol. The van der Waals surface area contributed by atoms with Gasteiger partial charge in [0.25, 0.3) is 0 Å². The second kappa shape index (κ2) is 5.53. The highest BCUT2D eigenvalue weighted by molar-refractivity contribution is 5.93. The molecular formula is C14H15N3O4. The lowest BCUT2D eigenvalue weighted by Gasteiger charge is -2.14. The van der Waals surface area contributed by atoms with Crippen molar-refractivity contribution in [3.8, 4) is 17.0 Å². The zero-order valence-corrected chi connectivity index (χ0v) is 11.5. The van der Waals surface area contributed by atoms with Gasteiger partial charge in [0.05, 0.1) is 19.8 Å². The Kier molecular flexibility index (Phi) is 3.57. The summed E-state index contributed by atoms with van der Waals surface area (Å²) in [7, 11) is 1.55. The summed E-state index contributed by atoms with van der Waals surface area (Å²) in [6.45, 7) is 1.14. The highest BCUT2D eigenvalue weighted by Gasteiger charge is 2.28. The van der Waals surface area contributed by atoms with E-state index in [2.05, 4.69) is 10.3 Å². The van der Waals surface area contributed by atoms with E-state index in [-0.39, 0.29) is 11.7 Å². The normalized spacial score (nSPS) is 17.9. The van der Waals surface area contributed by atoms with Crippen molar-refractivity contribution >= 4 is 5.97 Å². The topological polar surface area (TPSA) is 86.5 Å². The Labute approximate surface area is 121 Å². The summed E-state index contributed by atoms with van der Waals surface area (Å²) >= 11 is 0. The van der Waals surface area contributed by atoms with E-state index in [1.807, 2.05) is 12.1 Å². The molecule has 2 heterocycles. The average Bonchev–Trinajstić information content (AvgIpc) is 3.15. The van der Waals surface area contributed by atoms with Crippen LogP contribution in [0.2, 0.25) is 0 Å². The van der Waals surface area contributed by atoms with Crippen molar-refractivity contribution in [1.29, 1.82) is 0 Å². The van der Waals surface area contributed by atoms with Gasteiger partial charge in [0.1, 0.15) is 11.4 Å². The highest BCUT2D eigenvalue weighted by Crippen LogP contribution is 2.34. The van der Waals surface area contributed by atoms with Crippen molar-refractivity contribution in [3.05, 3.63) is 30.0 Å². The summed E-state index contributed by atoms with van der Waals surface area (Å²) in [5, 5.41) is 17.2. The molecule has 0 spiro atoms. The maximum absolute atomic E-state index is 11.4. The molecule has 1 aromatic carbocycles. The second-order valence-corrected chi connectivity index (χ2v) is 4.75. The van der Waals surface area contributed by atoms with Crippen LogP contribution in [0.4, 0.5) is 0 Å². The largest absolute Gasteiger partial charge is 0.496 e. The molecule has 7 nitrogen and oxygen atoms in total. The number of carboxylic acid groups (broad SMARTS) is 1. The number of hydrogen-bond acceptors (Lipinski definition) is 5. The van der Waals surface area contributed by atoms with Crippen LogP contribution < -0.4 is 4.74 Å². The van der Waals surface area contributed by atoms with Crippen molar-refractivity contribution in [1.82, 2.24) is 15.0 Å². The predicted molar refractivity (Wildman–Crippen MR) is 73.4 cm³/mol. The first-order valence-corrected chi connectivity index (χ1v) is 6.62. The van der Waals surface area contributed by atoms with Crippen molar-refractivity contribution in [3.63, 3.8) is 0 Å². The molecule has 21 heavy (non-hydrogen) atoms. The first-order valence-electron chi connectivity index (χ1n) is 6.62. The van der Waals surface area contributed by atoms with Crippen LogP contribution in [0.5, 0.6) is 5.75 Å². The van der Waals surface area contributed by atoms with E-state index in [1.54, 1.807) is 23.9 Å². The maximum Gasteiger partial charge on any atom is 0.358 e. The third kappa shape index (κ3) is 2.36. The zero-order chi connectivity index (χ0) is 14.8. The molecule has 0 radical (unpaired) electrons. The quantitative estimate of drug-likeness (QED) is 0.920. The summed E-state index contributed by atoms with van der Waals surface area (Å²) < 4.78 is 12.3. The molecule has 7 heteroatoms. The van der Waals surface area contributed by atoms with E-state index in [9.17, 15) is 9.90 Å². The number of aromatic nitrogens is 3. The number of ether oxygens (including phenoxy) is 2. The van der Waals surface area contributed by atoms with Crippen LogP contribution >= 0.6 is 0 Å². The smallest absolute Gasteiger partial charge is 0.358 e. The van der Waals surface area contributed by atoms with E-state index in [0.717, 1.165) is 6.42 Å². The molecule has 3 rings (SSSR count). The molecule has 0 bridgehead atoms. The van der Waals surface area contributed by atoms with E-state index < -0.39 is 5.97 Å². The van der Waals surface area contributed by atoms with Gasteiger partial charge in [-0.05, 0) is 18.6 Å². The predicted octanol–water partition coefficient (Wildman–Crippen LogP) is 1.61. The Morgan fingerprint density at radius 3 is 2.95 bits per heavy atom. The van der Waals surface area contributed by atoms with Crippen molar-refractivity contribution in [2.24, 2.45) is 0 Å². The number of benzene rings is 1. The van der Waals surface area contributed by atoms with E-state index in [4.69, 9.17) is 9.47 Å². The van der Waals surface area contributed by atoms with Gasteiger partial charge >= 0.3 is 5.97 Å². The van der Waals surface area contributed by atoms with Crippen LogP contribution in [-0.4, -0.2) is 46.4 Å². The Bertz CT molecular complexity index is 662. The number of para-hydroxylation sites is 1. The number of carbonyl (C=O) groups is 1. The number of rotatable bonds is 4. The van der Waals surface area contributed by atoms with Gasteiger partial charge in [0, 0.05) is 12.2 Å². The molecule has 0 saturated carbocycles. The molecule has 1 aliphatic rings. The molecule has 110 valence electrons. The fourth-order valence-electron chi connectivity index (χ4n) is 2.50. The van der Waals surface area contributed by atoms with Crippen LogP contribution in [0.3, 0.4) is 0 Å². The molecule has 0 aliphatic carbocycles. The number of hydrogen-bond donors (Lipinski definition) is 1. The Morgan fingerprint density at radius 2 is 2.29 bits per heavy atom. The SMILES string of the molecule is COc1ccccc1-c1c(C(=O)O)nnn1C1CCOC1. The van der Waals surface area contributed by atoms with Gasteiger partial charge in [-0.15, -0.1) is 5.10 Å². The second-order valence-electron chi connectivity index (χ2n) is 4.75. The van der Waals surface area contributed by atoms with Gasteiger partial charge in [-0.3, -0.25) is 0 Å². The lowest BCUT2D eigenvalue weighted by atomic mass is 10.1.